The van der Waals surface area contributed by atoms with Crippen LogP contribution in [0.15, 0.2) is 291 Å². The highest BCUT2D eigenvalue weighted by Gasteiger charge is 2.34. The van der Waals surface area contributed by atoms with Crippen LogP contribution in [0.5, 0.6) is 0 Å². The molecule has 0 bridgehead atoms. The van der Waals surface area contributed by atoms with Crippen molar-refractivity contribution in [2.24, 2.45) is 0 Å². The standard InChI is InChI=1S/6C14H8O2.C3H8O2.4C2H6O.4C2H6/c6*15-13-9-5-1-2-6-10(9)14(16)12-8-4-3-7-11(12)13;1-3(2)5-4;4*1-3-2;4*1-2/h6*1-8H;3-4H,1-2H3;4*1-2H3;4*1-2H3. The van der Waals surface area contributed by atoms with E-state index in [0.717, 1.165) is 0 Å². The molecule has 18 nitrogen and oxygen atoms in total. The Morgan fingerprint density at radius 1 is 0.157 bits per heavy atom. The Morgan fingerprint density at radius 3 is 0.231 bits per heavy atom. The number of rotatable bonds is 1. The van der Waals surface area contributed by atoms with Crippen molar-refractivity contribution in [2.45, 2.75) is 75.3 Å². The van der Waals surface area contributed by atoms with Crippen molar-refractivity contribution in [3.8, 4) is 0 Å². The van der Waals surface area contributed by atoms with Gasteiger partial charge >= 0.3 is 0 Å². The molecule has 0 aliphatic heterocycles. The number of fused-ring (bicyclic) bond motifs is 12. The summed E-state index contributed by atoms with van der Waals surface area (Å²) in [4.78, 5) is 149. The molecule has 0 aromatic heterocycles. The number of ketones is 12. The second kappa shape index (κ2) is 52.3. The molecule has 0 saturated heterocycles. The largest absolute Gasteiger partial charge is 0.388 e. The molecule has 0 heterocycles. The number of ether oxygens (including phenoxy) is 4. The van der Waals surface area contributed by atoms with Gasteiger partial charge < -0.3 is 18.9 Å². The summed E-state index contributed by atoms with van der Waals surface area (Å²) in [5.74, 6) is -0.769. The fourth-order valence-electron chi connectivity index (χ4n) is 12.3. The summed E-state index contributed by atoms with van der Waals surface area (Å²) in [7, 11) is 13.0. The van der Waals surface area contributed by atoms with Crippen LogP contribution in [-0.2, 0) is 23.8 Å². The third kappa shape index (κ3) is 24.8. The van der Waals surface area contributed by atoms with Gasteiger partial charge in [-0.1, -0.05) is 347 Å². The molecule has 12 aromatic carbocycles. The maximum Gasteiger partial charge on any atom is 0.194 e. The lowest BCUT2D eigenvalue weighted by atomic mass is 9.84. The fraction of sp³-hybridized carbons (Fsp3) is 0.184. The molecular formula is C103H104O18. The first-order valence-electron chi connectivity index (χ1n) is 39.2. The Morgan fingerprint density at radius 2 is 0.198 bits per heavy atom. The SMILES string of the molecule is CC.CC.CC.CC.CC(C)OO.COC.COC.COC.COC.O=C1c2ccccc2C(=O)c2ccccc21.O=C1c2ccccc2C(=O)c2ccccc21.O=C1c2ccccc2C(=O)c2ccccc21.O=C1c2ccccc2C(=O)c2ccccc21.O=C1c2ccccc2C(=O)c2ccccc21.O=C1c2ccccc2C(=O)c2ccccc21. The number of carbonyl (C=O) groups excluding carboxylic acids is 12. The normalized spacial score (nSPS) is 11.7. The molecule has 0 fully saturated rings. The smallest absolute Gasteiger partial charge is 0.194 e. The van der Waals surface area contributed by atoms with Gasteiger partial charge in [0.25, 0.3) is 0 Å². The number of hydrogen-bond donors (Lipinski definition) is 1. The predicted octanol–water partition coefficient (Wildman–Crippen LogP) is 20.8. The monoisotopic (exact) mass is 1630 g/mol. The minimum atomic E-state index is -0.0641. The zero-order valence-corrected chi connectivity index (χ0v) is 71.7. The molecular weight excluding hydrogens is 1530 g/mol. The molecule has 0 radical (unpaired) electrons. The van der Waals surface area contributed by atoms with E-state index < -0.39 is 0 Å². The first-order chi connectivity index (χ1) is 58.7. The predicted molar refractivity (Wildman–Crippen MR) is 474 cm³/mol. The van der Waals surface area contributed by atoms with Gasteiger partial charge in [0.2, 0.25) is 0 Å². The molecule has 18 rings (SSSR count). The summed E-state index contributed by atoms with van der Waals surface area (Å²) < 4.78 is 17.0. The van der Waals surface area contributed by atoms with Crippen LogP contribution in [0, 0.1) is 0 Å². The van der Waals surface area contributed by atoms with Gasteiger partial charge in [0.1, 0.15) is 0 Å². The fourth-order valence-corrected chi connectivity index (χ4v) is 12.3. The molecule has 0 atom stereocenters. The maximum atomic E-state index is 12.1. The Hall–Kier alpha value is -13.6. The van der Waals surface area contributed by atoms with E-state index in [0.29, 0.717) is 134 Å². The topological polar surface area (TPSA) is 271 Å². The van der Waals surface area contributed by atoms with E-state index in [1.165, 1.54) is 0 Å². The maximum absolute atomic E-state index is 12.1. The highest BCUT2D eigenvalue weighted by Crippen LogP contribution is 2.33. The highest BCUT2D eigenvalue weighted by atomic mass is 17.1. The van der Waals surface area contributed by atoms with Gasteiger partial charge in [-0.25, -0.2) is 4.89 Å². The highest BCUT2D eigenvalue weighted by molar-refractivity contribution is 6.32. The molecule has 1 N–H and O–H groups in total. The Balaban J connectivity index is 0.000000289. The summed E-state index contributed by atoms with van der Waals surface area (Å²) in [5.41, 5.74) is 12.1. The van der Waals surface area contributed by atoms with Gasteiger partial charge in [0, 0.05) is 190 Å². The molecule has 12 aromatic rings. The zero-order chi connectivity index (χ0) is 89.8. The van der Waals surface area contributed by atoms with Crippen LogP contribution in [-0.4, -0.2) is 138 Å². The van der Waals surface area contributed by atoms with Gasteiger partial charge in [-0.15, -0.1) is 0 Å². The first kappa shape index (κ1) is 99.8. The van der Waals surface area contributed by atoms with E-state index in [-0.39, 0.29) is 75.5 Å². The Labute approximate surface area is 709 Å². The first-order valence-corrected chi connectivity index (χ1v) is 39.2. The van der Waals surface area contributed by atoms with E-state index in [2.05, 4.69) is 23.8 Å². The second-order valence-corrected chi connectivity index (χ2v) is 25.3. The molecule has 0 saturated carbocycles. The van der Waals surface area contributed by atoms with Crippen LogP contribution in [0.3, 0.4) is 0 Å². The van der Waals surface area contributed by atoms with E-state index >= 15 is 0 Å². The number of methoxy groups -OCH3 is 4. The molecule has 0 spiro atoms. The summed E-state index contributed by atoms with van der Waals surface area (Å²) in [5, 5.41) is 7.64. The average molecular weight is 1630 g/mol. The van der Waals surface area contributed by atoms with E-state index in [1.807, 2.05) is 55.4 Å². The molecule has 121 heavy (non-hydrogen) atoms. The third-order valence-corrected chi connectivity index (χ3v) is 17.2. The lowest BCUT2D eigenvalue weighted by Gasteiger charge is -2.16. The Kier molecular flexibility index (Phi) is 43.1. The van der Waals surface area contributed by atoms with Gasteiger partial charge in [-0.3, -0.25) is 62.8 Å². The second-order valence-electron chi connectivity index (χ2n) is 25.3. The Bertz CT molecular complexity index is 4070. The van der Waals surface area contributed by atoms with Crippen molar-refractivity contribution in [3.63, 3.8) is 0 Å². The average Bonchev–Trinajstić information content (AvgIpc) is 0.805. The van der Waals surface area contributed by atoms with Gasteiger partial charge in [-0.2, -0.15) is 0 Å². The number of carbonyl (C=O) groups is 12. The molecule has 0 amide bonds. The van der Waals surface area contributed by atoms with E-state index in [9.17, 15) is 57.5 Å². The molecule has 624 valence electrons. The van der Waals surface area contributed by atoms with Crippen molar-refractivity contribution >= 4 is 69.4 Å². The lowest BCUT2D eigenvalue weighted by molar-refractivity contribution is -0.269. The summed E-state index contributed by atoms with van der Waals surface area (Å²) >= 11 is 0. The molecule has 6 aliphatic rings. The zero-order valence-electron chi connectivity index (χ0n) is 71.7. The quantitative estimate of drug-likeness (QED) is 0.118. The van der Waals surface area contributed by atoms with Crippen LogP contribution in [0.4, 0.5) is 0 Å². The van der Waals surface area contributed by atoms with Crippen molar-refractivity contribution in [1.82, 2.24) is 0 Å². The van der Waals surface area contributed by atoms with Crippen molar-refractivity contribution in [2.75, 3.05) is 56.9 Å². The minimum Gasteiger partial charge on any atom is -0.388 e. The van der Waals surface area contributed by atoms with Crippen molar-refractivity contribution < 1.29 is 86.6 Å². The minimum absolute atomic E-state index is 0.0602. The third-order valence-electron chi connectivity index (χ3n) is 17.2. The molecule has 0 unspecified atom stereocenters. The summed E-state index contributed by atoms with van der Waals surface area (Å²) in [6.45, 7) is 19.5. The molecule has 6 aliphatic carbocycles. The van der Waals surface area contributed by atoms with Crippen LogP contribution < -0.4 is 0 Å². The van der Waals surface area contributed by atoms with E-state index in [1.54, 1.807) is 362 Å². The van der Waals surface area contributed by atoms with Crippen LogP contribution in [0.25, 0.3) is 0 Å². The number of benzene rings is 12. The van der Waals surface area contributed by atoms with Gasteiger partial charge in [-0.05, 0) is 13.8 Å². The van der Waals surface area contributed by atoms with Gasteiger partial charge in [0.15, 0.2) is 69.4 Å². The van der Waals surface area contributed by atoms with Crippen molar-refractivity contribution in [1.29, 1.82) is 0 Å². The lowest BCUT2D eigenvalue weighted by Crippen LogP contribution is -2.20. The van der Waals surface area contributed by atoms with Crippen LogP contribution >= 0.6 is 0 Å². The molecule has 18 heteroatoms. The van der Waals surface area contributed by atoms with Crippen LogP contribution in [0.1, 0.15) is 260 Å². The summed E-state index contributed by atoms with van der Waals surface area (Å²) in [6.07, 6.45) is -0.0602. The van der Waals surface area contributed by atoms with Crippen molar-refractivity contribution in [3.05, 3.63) is 425 Å². The van der Waals surface area contributed by atoms with E-state index in [4.69, 9.17) is 5.26 Å². The van der Waals surface area contributed by atoms with Crippen LogP contribution in [0.2, 0.25) is 0 Å². The van der Waals surface area contributed by atoms with Gasteiger partial charge in [0.05, 0.1) is 6.10 Å². The summed E-state index contributed by atoms with van der Waals surface area (Å²) in [6, 6.07) is 83.4. The number of hydrogen-bond acceptors (Lipinski definition) is 18.